The number of carbonyl (C=O) groups excluding carboxylic acids is 1. The lowest BCUT2D eigenvalue weighted by molar-refractivity contribution is -0.125. The van der Waals surface area contributed by atoms with E-state index < -0.39 is 5.60 Å². The van der Waals surface area contributed by atoms with Crippen LogP contribution in [0.2, 0.25) is 0 Å². The molecule has 0 radical (unpaired) electrons. The predicted octanol–water partition coefficient (Wildman–Crippen LogP) is 3.23. The summed E-state index contributed by atoms with van der Waals surface area (Å²) in [5, 5.41) is 10.8. The summed E-state index contributed by atoms with van der Waals surface area (Å²) in [6, 6.07) is 8.25. The molecule has 0 amide bonds. The number of rotatable bonds is 4. The van der Waals surface area contributed by atoms with Crippen molar-refractivity contribution in [2.24, 2.45) is 0 Å². The second-order valence-corrected chi connectivity index (χ2v) is 5.49. The molecule has 0 saturated carbocycles. The lowest BCUT2D eigenvalue weighted by Gasteiger charge is -2.39. The maximum absolute atomic E-state index is 11.8. The van der Waals surface area contributed by atoms with E-state index in [9.17, 15) is 9.90 Å². The first-order chi connectivity index (χ1) is 8.57. The van der Waals surface area contributed by atoms with E-state index >= 15 is 0 Å². The summed E-state index contributed by atoms with van der Waals surface area (Å²) in [6.45, 7) is 4.04. The van der Waals surface area contributed by atoms with Gasteiger partial charge in [0.1, 0.15) is 5.78 Å². The lowest BCUT2D eigenvalue weighted by atomic mass is 9.70. The van der Waals surface area contributed by atoms with Crippen molar-refractivity contribution in [1.82, 2.24) is 0 Å². The van der Waals surface area contributed by atoms with Crippen molar-refractivity contribution in [3.8, 4) is 0 Å². The zero-order valence-corrected chi connectivity index (χ0v) is 11.3. The monoisotopic (exact) mass is 246 g/mol. The van der Waals surface area contributed by atoms with Crippen LogP contribution in [-0.4, -0.2) is 16.5 Å². The summed E-state index contributed by atoms with van der Waals surface area (Å²) in [5.74, 6) is 0.231. The van der Waals surface area contributed by atoms with Gasteiger partial charge in [-0.2, -0.15) is 0 Å². The van der Waals surface area contributed by atoms with Crippen LogP contribution in [0.5, 0.6) is 0 Å². The second kappa shape index (κ2) is 5.23. The van der Waals surface area contributed by atoms with Gasteiger partial charge in [0.2, 0.25) is 0 Å². The highest BCUT2D eigenvalue weighted by molar-refractivity contribution is 5.79. The zero-order valence-electron chi connectivity index (χ0n) is 11.3. The Balaban J connectivity index is 2.19. The van der Waals surface area contributed by atoms with Crippen LogP contribution in [0.3, 0.4) is 0 Å². The molecule has 1 aromatic rings. The van der Waals surface area contributed by atoms with E-state index in [1.807, 2.05) is 26.0 Å². The summed E-state index contributed by atoms with van der Waals surface area (Å²) < 4.78 is 0. The molecule has 2 unspecified atom stereocenters. The molecule has 1 aliphatic rings. The topological polar surface area (TPSA) is 37.3 Å². The predicted molar refractivity (Wildman–Crippen MR) is 72.7 cm³/mol. The van der Waals surface area contributed by atoms with Crippen molar-refractivity contribution >= 4 is 5.78 Å². The Morgan fingerprint density at radius 3 is 2.89 bits per heavy atom. The fourth-order valence-corrected chi connectivity index (χ4v) is 2.99. The van der Waals surface area contributed by atoms with E-state index in [2.05, 4.69) is 12.1 Å². The Labute approximate surface area is 109 Å². The van der Waals surface area contributed by atoms with Crippen LogP contribution in [0.1, 0.15) is 56.6 Å². The number of hydrogen-bond acceptors (Lipinski definition) is 2. The Morgan fingerprint density at radius 1 is 1.44 bits per heavy atom. The normalized spacial score (nSPS) is 26.7. The minimum Gasteiger partial charge on any atom is -0.389 e. The summed E-state index contributed by atoms with van der Waals surface area (Å²) in [5.41, 5.74) is 1.67. The van der Waals surface area contributed by atoms with Gasteiger partial charge in [0.15, 0.2) is 0 Å². The van der Waals surface area contributed by atoms with Crippen molar-refractivity contribution < 1.29 is 9.90 Å². The average Bonchev–Trinajstić information content (AvgIpc) is 2.35. The van der Waals surface area contributed by atoms with Gasteiger partial charge in [-0.05, 0) is 30.4 Å². The van der Waals surface area contributed by atoms with Crippen molar-refractivity contribution in [1.29, 1.82) is 0 Å². The highest BCUT2D eigenvalue weighted by Crippen LogP contribution is 2.41. The Morgan fingerprint density at radius 2 is 2.17 bits per heavy atom. The second-order valence-electron chi connectivity index (χ2n) is 5.49. The van der Waals surface area contributed by atoms with Crippen LogP contribution in [0.25, 0.3) is 0 Å². The molecule has 1 N–H and O–H groups in total. The van der Waals surface area contributed by atoms with E-state index in [-0.39, 0.29) is 11.7 Å². The summed E-state index contributed by atoms with van der Waals surface area (Å²) >= 11 is 0. The Hall–Kier alpha value is -1.15. The summed E-state index contributed by atoms with van der Waals surface area (Å²) in [4.78, 5) is 11.8. The minimum absolute atomic E-state index is 0.0447. The van der Waals surface area contributed by atoms with E-state index in [4.69, 9.17) is 0 Å². The highest BCUT2D eigenvalue weighted by Gasteiger charge is 2.39. The van der Waals surface area contributed by atoms with Gasteiger partial charge < -0.3 is 5.11 Å². The standard InChI is InChI=1S/C16H22O2/c1-3-6-14(17)11-16(18)10-9-13-7-4-5-8-15(13)12(16)2/h4-5,7-8,12,18H,3,6,9-11H2,1-2H3. The minimum atomic E-state index is -0.847. The SMILES string of the molecule is CCCC(=O)CC1(O)CCc2ccccc2C1C. The van der Waals surface area contributed by atoms with Crippen LogP contribution >= 0.6 is 0 Å². The van der Waals surface area contributed by atoms with E-state index in [0.29, 0.717) is 19.3 Å². The van der Waals surface area contributed by atoms with Gasteiger partial charge in [-0.25, -0.2) is 0 Å². The molecule has 1 aromatic carbocycles. The number of aliphatic hydroxyl groups is 1. The first-order valence-corrected chi connectivity index (χ1v) is 6.88. The molecular formula is C16H22O2. The number of aryl methyl sites for hydroxylation is 1. The van der Waals surface area contributed by atoms with Crippen LogP contribution < -0.4 is 0 Å². The van der Waals surface area contributed by atoms with Crippen LogP contribution in [0.4, 0.5) is 0 Å². The van der Waals surface area contributed by atoms with Crippen LogP contribution in [-0.2, 0) is 11.2 Å². The van der Waals surface area contributed by atoms with Gasteiger partial charge in [-0.1, -0.05) is 38.1 Å². The van der Waals surface area contributed by atoms with Gasteiger partial charge in [0, 0.05) is 18.8 Å². The maximum Gasteiger partial charge on any atom is 0.135 e. The summed E-state index contributed by atoms with van der Waals surface area (Å²) in [6.07, 6.45) is 3.31. The van der Waals surface area contributed by atoms with Crippen molar-refractivity contribution in [3.05, 3.63) is 35.4 Å². The van der Waals surface area contributed by atoms with Crippen LogP contribution in [0.15, 0.2) is 24.3 Å². The molecule has 0 spiro atoms. The van der Waals surface area contributed by atoms with E-state index in [0.717, 1.165) is 12.8 Å². The number of benzene rings is 1. The van der Waals surface area contributed by atoms with Gasteiger partial charge in [-0.3, -0.25) is 4.79 Å². The van der Waals surface area contributed by atoms with Gasteiger partial charge in [-0.15, -0.1) is 0 Å². The molecule has 1 aliphatic carbocycles. The molecule has 0 saturated heterocycles. The van der Waals surface area contributed by atoms with Gasteiger partial charge >= 0.3 is 0 Å². The van der Waals surface area contributed by atoms with Crippen molar-refractivity contribution in [2.75, 3.05) is 0 Å². The number of carbonyl (C=O) groups is 1. The largest absolute Gasteiger partial charge is 0.389 e. The quantitative estimate of drug-likeness (QED) is 0.885. The molecule has 98 valence electrons. The number of Topliss-reactive ketones (excluding diaryl/α,β-unsaturated/α-hetero) is 1. The molecule has 2 atom stereocenters. The number of ketones is 1. The molecule has 2 rings (SSSR count). The molecule has 2 nitrogen and oxygen atoms in total. The zero-order chi connectivity index (χ0) is 13.2. The Bertz CT molecular complexity index is 438. The van der Waals surface area contributed by atoms with Gasteiger partial charge in [0.25, 0.3) is 0 Å². The molecule has 18 heavy (non-hydrogen) atoms. The molecule has 2 heteroatoms. The Kier molecular flexibility index (Phi) is 3.86. The third-order valence-corrected chi connectivity index (χ3v) is 4.19. The van der Waals surface area contributed by atoms with Crippen molar-refractivity contribution in [3.63, 3.8) is 0 Å². The average molecular weight is 246 g/mol. The third-order valence-electron chi connectivity index (χ3n) is 4.19. The van der Waals surface area contributed by atoms with E-state index in [1.54, 1.807) is 0 Å². The fourth-order valence-electron chi connectivity index (χ4n) is 2.99. The molecule has 0 aromatic heterocycles. The third kappa shape index (κ3) is 2.49. The number of fused-ring (bicyclic) bond motifs is 1. The van der Waals surface area contributed by atoms with Gasteiger partial charge in [0.05, 0.1) is 5.60 Å². The van der Waals surface area contributed by atoms with Crippen molar-refractivity contribution in [2.45, 2.75) is 57.5 Å². The van der Waals surface area contributed by atoms with E-state index in [1.165, 1.54) is 11.1 Å². The summed E-state index contributed by atoms with van der Waals surface area (Å²) in [7, 11) is 0. The smallest absolute Gasteiger partial charge is 0.135 e. The fraction of sp³-hybridized carbons (Fsp3) is 0.562. The lowest BCUT2D eigenvalue weighted by Crippen LogP contribution is -2.41. The molecule has 0 aliphatic heterocycles. The first kappa shape index (κ1) is 13.3. The molecule has 0 bridgehead atoms. The molecule has 0 fully saturated rings. The maximum atomic E-state index is 11.8. The number of hydrogen-bond donors (Lipinski definition) is 1. The highest BCUT2D eigenvalue weighted by atomic mass is 16.3. The first-order valence-electron chi connectivity index (χ1n) is 6.88. The molecule has 0 heterocycles. The van der Waals surface area contributed by atoms with Crippen LogP contribution in [0, 0.1) is 0 Å². The molecular weight excluding hydrogens is 224 g/mol.